The number of nitrogens with zero attached hydrogens (tertiary/aromatic N) is 5. The van der Waals surface area contributed by atoms with Crippen LogP contribution in [0.5, 0.6) is 0 Å². The first kappa shape index (κ1) is 17.1. The van der Waals surface area contributed by atoms with Gasteiger partial charge < -0.3 is 4.90 Å². The number of pyridine rings is 1. The number of benzene rings is 1. The topological polar surface area (TPSA) is 57.2 Å². The number of likely N-dealkylation sites (N-methyl/N-ethyl adjacent to an activating group) is 1. The molecule has 0 amide bonds. The second kappa shape index (κ2) is 7.15. The number of halogens is 1. The minimum Gasteiger partial charge on any atom is -0.304 e. The molecule has 1 aliphatic heterocycles. The lowest BCUT2D eigenvalue weighted by atomic mass is 10.0. The molecule has 0 saturated carbocycles. The maximum Gasteiger partial charge on any atom is 0.238 e. The fraction of sp³-hybridized carbons (Fsp3) is 0.316. The summed E-state index contributed by atoms with van der Waals surface area (Å²) in [6, 6.07) is 8.20. The van der Waals surface area contributed by atoms with E-state index in [1.807, 2.05) is 25.3 Å². The first-order valence-electron chi connectivity index (χ1n) is 8.68. The Kier molecular flexibility index (Phi) is 4.72. The Morgan fingerprint density at radius 2 is 1.81 bits per heavy atom. The lowest BCUT2D eigenvalue weighted by molar-refractivity contribution is 0.178. The van der Waals surface area contributed by atoms with E-state index in [1.165, 1.54) is 0 Å². The number of hydrazine groups is 1. The van der Waals surface area contributed by atoms with Gasteiger partial charge in [0.05, 0.1) is 5.52 Å². The zero-order valence-corrected chi connectivity index (χ0v) is 15.7. The highest BCUT2D eigenvalue weighted by Crippen LogP contribution is 2.26. The number of rotatable bonds is 3. The number of aromatic nitrogens is 3. The molecule has 0 bridgehead atoms. The number of fused-ring (bicyclic) bond motifs is 1. The average molecular weight is 369 g/mol. The van der Waals surface area contributed by atoms with Crippen LogP contribution in [0.3, 0.4) is 0 Å². The molecule has 1 saturated heterocycles. The van der Waals surface area contributed by atoms with Gasteiger partial charge in [0, 0.05) is 49.5 Å². The highest BCUT2D eigenvalue weighted by molar-refractivity contribution is 6.30. The minimum absolute atomic E-state index is 0.539. The van der Waals surface area contributed by atoms with Gasteiger partial charge in [-0.2, -0.15) is 0 Å². The van der Waals surface area contributed by atoms with Crippen LogP contribution in [0, 0.1) is 6.92 Å². The number of piperazine rings is 1. The fourth-order valence-corrected chi connectivity index (χ4v) is 3.15. The Balaban J connectivity index is 1.57. The van der Waals surface area contributed by atoms with Crippen LogP contribution in [0.25, 0.3) is 22.0 Å². The lowest BCUT2D eigenvalue weighted by Gasteiger charge is -2.32. The van der Waals surface area contributed by atoms with Crippen LogP contribution in [0.4, 0.5) is 5.95 Å². The van der Waals surface area contributed by atoms with Crippen molar-refractivity contribution in [3.63, 3.8) is 0 Å². The molecule has 0 spiro atoms. The van der Waals surface area contributed by atoms with Gasteiger partial charge >= 0.3 is 0 Å². The fourth-order valence-electron chi connectivity index (χ4n) is 3.04. The Labute approximate surface area is 157 Å². The molecule has 0 aliphatic carbocycles. The Bertz CT molecular complexity index is 936. The number of aryl methyl sites for hydroxylation is 1. The third-order valence-electron chi connectivity index (χ3n) is 4.69. The molecule has 6 nitrogen and oxygen atoms in total. The smallest absolute Gasteiger partial charge is 0.238 e. The molecule has 3 heterocycles. The second-order valence-electron chi connectivity index (χ2n) is 6.70. The second-order valence-corrected chi connectivity index (χ2v) is 7.06. The molecule has 0 atom stereocenters. The molecule has 3 aromatic rings. The highest BCUT2D eigenvalue weighted by atomic mass is 35.5. The van der Waals surface area contributed by atoms with Gasteiger partial charge in [-0.05, 0) is 43.3 Å². The van der Waals surface area contributed by atoms with Crippen molar-refractivity contribution in [3.8, 4) is 11.1 Å². The average Bonchev–Trinajstić information content (AvgIpc) is 2.65. The third-order valence-corrected chi connectivity index (χ3v) is 5.08. The SMILES string of the molecule is Cc1cc(-c2ccc3nc(NN4CCN(C)CC4)ncc3c2)cnc1Cl. The third kappa shape index (κ3) is 3.62. The van der Waals surface area contributed by atoms with E-state index >= 15 is 0 Å². The number of hydrogen-bond donors (Lipinski definition) is 1. The summed E-state index contributed by atoms with van der Waals surface area (Å²) in [5, 5.41) is 3.70. The predicted molar refractivity (Wildman–Crippen MR) is 105 cm³/mol. The number of nitrogens with one attached hydrogen (secondary N) is 1. The molecule has 1 fully saturated rings. The van der Waals surface area contributed by atoms with Gasteiger partial charge in [0.2, 0.25) is 5.95 Å². The molecule has 1 N–H and O–H groups in total. The van der Waals surface area contributed by atoms with Gasteiger partial charge in [-0.25, -0.2) is 20.0 Å². The van der Waals surface area contributed by atoms with Crippen molar-refractivity contribution >= 4 is 28.5 Å². The largest absolute Gasteiger partial charge is 0.304 e. The summed E-state index contributed by atoms with van der Waals surface area (Å²) in [7, 11) is 2.14. The van der Waals surface area contributed by atoms with Crippen LogP contribution >= 0.6 is 11.6 Å². The molecule has 2 aromatic heterocycles. The molecule has 1 aromatic carbocycles. The summed E-state index contributed by atoms with van der Waals surface area (Å²) >= 11 is 6.02. The molecular weight excluding hydrogens is 348 g/mol. The molecule has 0 radical (unpaired) electrons. The van der Waals surface area contributed by atoms with E-state index in [1.54, 1.807) is 6.20 Å². The van der Waals surface area contributed by atoms with E-state index in [4.69, 9.17) is 11.6 Å². The summed E-state index contributed by atoms with van der Waals surface area (Å²) in [5.74, 6) is 0.638. The van der Waals surface area contributed by atoms with E-state index in [0.29, 0.717) is 11.1 Å². The Hall–Kier alpha value is -2.28. The van der Waals surface area contributed by atoms with Crippen molar-refractivity contribution in [1.82, 2.24) is 24.9 Å². The standard InChI is InChI=1S/C19H21ClN6/c1-13-9-15(11-21-18(13)20)14-3-4-17-16(10-14)12-22-19(23-17)24-26-7-5-25(2)6-8-26/h3-4,9-12H,5-8H2,1-2H3,(H,22,23,24). The Morgan fingerprint density at radius 3 is 2.58 bits per heavy atom. The number of hydrogen-bond acceptors (Lipinski definition) is 6. The van der Waals surface area contributed by atoms with E-state index < -0.39 is 0 Å². The molecule has 7 heteroatoms. The van der Waals surface area contributed by atoms with Gasteiger partial charge in [-0.1, -0.05) is 17.7 Å². The molecule has 0 unspecified atom stereocenters. The first-order chi connectivity index (χ1) is 12.6. The molecule has 1 aliphatic rings. The molecule has 134 valence electrons. The summed E-state index contributed by atoms with van der Waals surface area (Å²) in [5.41, 5.74) is 7.31. The lowest BCUT2D eigenvalue weighted by Crippen LogP contribution is -2.47. The van der Waals surface area contributed by atoms with Gasteiger partial charge in [0.1, 0.15) is 5.15 Å². The molecule has 26 heavy (non-hydrogen) atoms. The predicted octanol–water partition coefficient (Wildman–Crippen LogP) is 3.23. The zero-order valence-electron chi connectivity index (χ0n) is 14.9. The summed E-state index contributed by atoms with van der Waals surface area (Å²) in [4.78, 5) is 15.7. The van der Waals surface area contributed by atoms with E-state index in [9.17, 15) is 0 Å². The van der Waals surface area contributed by atoms with Crippen LogP contribution in [-0.2, 0) is 0 Å². The summed E-state index contributed by atoms with van der Waals surface area (Å²) in [6.45, 7) is 5.95. The van der Waals surface area contributed by atoms with Gasteiger partial charge in [-0.15, -0.1) is 0 Å². The van der Waals surface area contributed by atoms with Crippen LogP contribution in [0.1, 0.15) is 5.56 Å². The zero-order chi connectivity index (χ0) is 18.1. The normalized spacial score (nSPS) is 16.1. The van der Waals surface area contributed by atoms with Crippen molar-refractivity contribution in [2.75, 3.05) is 38.7 Å². The van der Waals surface area contributed by atoms with E-state index in [0.717, 1.165) is 53.8 Å². The van der Waals surface area contributed by atoms with Gasteiger partial charge in [-0.3, -0.25) is 5.43 Å². The quantitative estimate of drug-likeness (QED) is 0.716. The maximum absolute atomic E-state index is 6.02. The van der Waals surface area contributed by atoms with E-state index in [2.05, 4.69) is 49.5 Å². The van der Waals surface area contributed by atoms with Gasteiger partial charge in [0.25, 0.3) is 0 Å². The van der Waals surface area contributed by atoms with Crippen LogP contribution < -0.4 is 5.43 Å². The van der Waals surface area contributed by atoms with Crippen molar-refractivity contribution in [1.29, 1.82) is 0 Å². The first-order valence-corrected chi connectivity index (χ1v) is 9.06. The summed E-state index contributed by atoms with van der Waals surface area (Å²) in [6.07, 6.45) is 3.65. The molecule has 4 rings (SSSR count). The minimum atomic E-state index is 0.539. The van der Waals surface area contributed by atoms with Crippen LogP contribution in [0.2, 0.25) is 5.15 Å². The Morgan fingerprint density at radius 1 is 1.00 bits per heavy atom. The van der Waals surface area contributed by atoms with E-state index in [-0.39, 0.29) is 0 Å². The van der Waals surface area contributed by atoms with Crippen molar-refractivity contribution in [2.45, 2.75) is 6.92 Å². The highest BCUT2D eigenvalue weighted by Gasteiger charge is 2.14. The number of anilines is 1. The van der Waals surface area contributed by atoms with Crippen molar-refractivity contribution in [3.05, 3.63) is 47.4 Å². The van der Waals surface area contributed by atoms with Crippen LogP contribution in [0.15, 0.2) is 36.7 Å². The maximum atomic E-state index is 6.02. The molecular formula is C19H21ClN6. The van der Waals surface area contributed by atoms with Crippen LogP contribution in [-0.4, -0.2) is 58.1 Å². The van der Waals surface area contributed by atoms with Crippen molar-refractivity contribution < 1.29 is 0 Å². The summed E-state index contributed by atoms with van der Waals surface area (Å²) < 4.78 is 0. The van der Waals surface area contributed by atoms with Gasteiger partial charge in [0.15, 0.2) is 0 Å². The van der Waals surface area contributed by atoms with Crippen molar-refractivity contribution in [2.24, 2.45) is 0 Å². The monoisotopic (exact) mass is 368 g/mol.